The van der Waals surface area contributed by atoms with Gasteiger partial charge in [0, 0.05) is 37.8 Å². The third-order valence-electron chi connectivity index (χ3n) is 4.87. The summed E-state index contributed by atoms with van der Waals surface area (Å²) in [4.78, 5) is 16.5. The molecule has 1 heterocycles. The number of hydrogen-bond donors (Lipinski definition) is 1. The maximum absolute atomic E-state index is 12.8. The van der Waals surface area contributed by atoms with E-state index in [1.54, 1.807) is 19.1 Å². The van der Waals surface area contributed by atoms with E-state index >= 15 is 0 Å². The highest BCUT2D eigenvalue weighted by molar-refractivity contribution is 5.93. The second-order valence-electron chi connectivity index (χ2n) is 6.58. The fourth-order valence-corrected chi connectivity index (χ4v) is 3.40. The number of phenolic OH excluding ortho intramolecular Hbond substituents is 1. The number of para-hydroxylation sites is 1. The first-order valence-corrected chi connectivity index (χ1v) is 9.13. The van der Waals surface area contributed by atoms with Gasteiger partial charge < -0.3 is 14.9 Å². The number of rotatable bonds is 6. The highest BCUT2D eigenvalue weighted by Gasteiger charge is 2.28. The van der Waals surface area contributed by atoms with Gasteiger partial charge in [0.2, 0.25) is 5.91 Å². The average Bonchev–Trinajstić information content (AvgIpc) is 2.79. The van der Waals surface area contributed by atoms with Crippen molar-refractivity contribution in [2.45, 2.75) is 38.6 Å². The summed E-state index contributed by atoms with van der Waals surface area (Å²) in [5, 5.41) is 9.40. The van der Waals surface area contributed by atoms with Crippen molar-refractivity contribution in [1.82, 2.24) is 4.90 Å². The van der Waals surface area contributed by atoms with Crippen molar-refractivity contribution in [3.63, 3.8) is 0 Å². The zero-order valence-electron chi connectivity index (χ0n) is 20.1. The zero-order chi connectivity index (χ0) is 22.7. The van der Waals surface area contributed by atoms with Gasteiger partial charge in [-0.25, -0.2) is 0 Å². The van der Waals surface area contributed by atoms with Gasteiger partial charge in [-0.05, 0) is 49.0 Å². The molecule has 0 saturated carbocycles. The molecule has 138 valence electrons. The fraction of sp³-hybridized carbons (Fsp3) is 0.409. The number of likely N-dealkylation sites (tertiary alicyclic amines) is 1. The molecule has 0 radical (unpaired) electrons. The second kappa shape index (κ2) is 8.86. The monoisotopic (exact) mass is 357 g/mol. The lowest BCUT2D eigenvalue weighted by atomic mass is 10.0. The molecule has 4 heteroatoms. The number of phenols is 1. The Hall–Kier alpha value is -2.33. The van der Waals surface area contributed by atoms with Crippen molar-refractivity contribution < 1.29 is 16.8 Å². The number of carbonyl (C=O) groups excluding carboxylic acids is 1. The topological polar surface area (TPSA) is 43.8 Å². The van der Waals surface area contributed by atoms with Gasteiger partial charge in [0.25, 0.3) is 0 Å². The third-order valence-corrected chi connectivity index (χ3v) is 4.87. The van der Waals surface area contributed by atoms with Crippen LogP contribution in [-0.2, 0) is 11.2 Å². The summed E-state index contributed by atoms with van der Waals surface area (Å²) in [5.41, 5.74) is 1.13. The Morgan fingerprint density at radius 3 is 2.46 bits per heavy atom. The Balaban J connectivity index is 1.74. The van der Waals surface area contributed by atoms with Crippen LogP contribution < -0.4 is 4.90 Å². The molecule has 0 aromatic heterocycles. The lowest BCUT2D eigenvalue weighted by Gasteiger charge is -2.38. The molecule has 1 aliphatic heterocycles. The van der Waals surface area contributed by atoms with Gasteiger partial charge in [-0.1, -0.05) is 37.2 Å². The summed E-state index contributed by atoms with van der Waals surface area (Å²) in [6.45, 7) is 4.09. The first kappa shape index (κ1) is 12.9. The van der Waals surface area contributed by atoms with Gasteiger partial charge >= 0.3 is 0 Å². The Labute approximate surface area is 163 Å². The number of piperidine rings is 1. The summed E-state index contributed by atoms with van der Waals surface area (Å²) in [6.07, 6.45) is 2.39. The summed E-state index contributed by atoms with van der Waals surface area (Å²) in [5.74, 6) is 0.0129. The van der Waals surface area contributed by atoms with Gasteiger partial charge in [0.15, 0.2) is 0 Å². The van der Waals surface area contributed by atoms with Gasteiger partial charge in [-0.15, -0.1) is 0 Å². The molecular formula is C22H28N2O2. The lowest BCUT2D eigenvalue weighted by Crippen LogP contribution is -2.47. The van der Waals surface area contributed by atoms with Gasteiger partial charge in [0.1, 0.15) is 5.75 Å². The van der Waals surface area contributed by atoms with E-state index in [0.29, 0.717) is 12.8 Å². The van der Waals surface area contributed by atoms with Crippen LogP contribution in [0, 0.1) is 0 Å². The van der Waals surface area contributed by atoms with E-state index in [1.807, 2.05) is 12.1 Å². The number of aromatic hydroxyl groups is 1. The lowest BCUT2D eigenvalue weighted by molar-refractivity contribution is -0.119. The molecule has 26 heavy (non-hydrogen) atoms. The second-order valence-corrected chi connectivity index (χ2v) is 6.58. The van der Waals surface area contributed by atoms with E-state index < -0.39 is 18.1 Å². The van der Waals surface area contributed by atoms with E-state index in [2.05, 4.69) is 4.90 Å². The zero-order valence-corrected chi connectivity index (χ0v) is 15.1. The SMILES string of the molecule is [2H]c1c([2H])c([2H])c(N(C(=O)CC)C2CCN(CCc3ccc(O)cc3)CC2)c([2H])c1[2H]. The van der Waals surface area contributed by atoms with E-state index in [-0.39, 0.29) is 41.9 Å². The number of amides is 1. The summed E-state index contributed by atoms with van der Waals surface area (Å²) >= 11 is 0. The molecule has 0 bridgehead atoms. The molecule has 0 spiro atoms. The van der Waals surface area contributed by atoms with Crippen LogP contribution in [-0.4, -0.2) is 41.6 Å². The van der Waals surface area contributed by atoms with Crippen LogP contribution >= 0.6 is 0 Å². The van der Waals surface area contributed by atoms with Crippen LogP contribution in [0.25, 0.3) is 0 Å². The Kier molecular flexibility index (Phi) is 4.41. The van der Waals surface area contributed by atoms with Crippen LogP contribution in [0.5, 0.6) is 5.75 Å². The minimum atomic E-state index is -0.452. The summed E-state index contributed by atoms with van der Waals surface area (Å²) in [7, 11) is 0. The highest BCUT2D eigenvalue weighted by Crippen LogP contribution is 2.24. The van der Waals surface area contributed by atoms with Crippen molar-refractivity contribution in [3.8, 4) is 5.75 Å². The van der Waals surface area contributed by atoms with Crippen molar-refractivity contribution in [2.75, 3.05) is 24.5 Å². The van der Waals surface area contributed by atoms with E-state index in [9.17, 15) is 9.90 Å². The van der Waals surface area contributed by atoms with E-state index in [1.165, 1.54) is 4.90 Å². The molecule has 1 fully saturated rings. The Morgan fingerprint density at radius 2 is 1.85 bits per heavy atom. The first-order chi connectivity index (χ1) is 14.7. The van der Waals surface area contributed by atoms with Crippen LogP contribution in [0.4, 0.5) is 5.69 Å². The Bertz CT molecular complexity index is 915. The van der Waals surface area contributed by atoms with Crippen LogP contribution in [0.2, 0.25) is 0 Å². The molecule has 1 saturated heterocycles. The molecule has 3 rings (SSSR count). The summed E-state index contributed by atoms with van der Waals surface area (Å²) < 4.78 is 40.3. The smallest absolute Gasteiger partial charge is 0.226 e. The number of hydrogen-bond acceptors (Lipinski definition) is 3. The molecule has 0 atom stereocenters. The van der Waals surface area contributed by atoms with Gasteiger partial charge in [-0.3, -0.25) is 4.79 Å². The van der Waals surface area contributed by atoms with Gasteiger partial charge in [0.05, 0.1) is 6.85 Å². The summed E-state index contributed by atoms with van der Waals surface area (Å²) in [6, 6.07) is 5.00. The fourth-order valence-electron chi connectivity index (χ4n) is 3.40. The molecule has 0 aliphatic carbocycles. The number of benzene rings is 2. The van der Waals surface area contributed by atoms with Crippen molar-refractivity contribution in [1.29, 1.82) is 0 Å². The molecule has 2 aromatic carbocycles. The number of carbonyl (C=O) groups is 1. The average molecular weight is 358 g/mol. The van der Waals surface area contributed by atoms with Gasteiger partial charge in [-0.2, -0.15) is 0 Å². The quantitative estimate of drug-likeness (QED) is 0.854. The predicted octanol–water partition coefficient (Wildman–Crippen LogP) is 3.84. The predicted molar refractivity (Wildman–Crippen MR) is 105 cm³/mol. The molecule has 1 aliphatic rings. The molecule has 1 N–H and O–H groups in total. The minimum absolute atomic E-state index is 0.0135. The van der Waals surface area contributed by atoms with Crippen molar-refractivity contribution in [3.05, 3.63) is 60.0 Å². The highest BCUT2D eigenvalue weighted by atomic mass is 16.3. The normalized spacial score (nSPS) is 18.4. The molecule has 2 aromatic rings. The number of anilines is 1. The van der Waals surface area contributed by atoms with Crippen molar-refractivity contribution >= 4 is 11.6 Å². The first-order valence-electron chi connectivity index (χ1n) is 11.6. The third kappa shape index (κ3) is 4.64. The number of nitrogens with zero attached hydrogens (tertiary/aromatic N) is 2. The van der Waals surface area contributed by atoms with Crippen LogP contribution in [0.15, 0.2) is 54.5 Å². The van der Waals surface area contributed by atoms with Crippen LogP contribution in [0.1, 0.15) is 38.6 Å². The maximum atomic E-state index is 12.8. The minimum Gasteiger partial charge on any atom is -0.508 e. The molecular weight excluding hydrogens is 324 g/mol. The largest absolute Gasteiger partial charge is 0.508 e. The van der Waals surface area contributed by atoms with Crippen LogP contribution in [0.3, 0.4) is 0 Å². The van der Waals surface area contributed by atoms with E-state index in [0.717, 1.165) is 31.6 Å². The standard InChI is InChI=1S/C22H28N2O2/c1-2-22(26)24(19-6-4-3-5-7-19)20-13-16-23(17-14-20)15-12-18-8-10-21(25)11-9-18/h3-11,20,25H,2,12-17H2,1H3/i3D,4D,5D,6D,7D. The molecule has 1 amide bonds. The Morgan fingerprint density at radius 1 is 1.19 bits per heavy atom. The maximum Gasteiger partial charge on any atom is 0.226 e. The molecule has 0 unspecified atom stereocenters. The molecule has 4 nitrogen and oxygen atoms in total. The van der Waals surface area contributed by atoms with Crippen molar-refractivity contribution in [2.24, 2.45) is 0 Å². The van der Waals surface area contributed by atoms with E-state index in [4.69, 9.17) is 6.85 Å².